The van der Waals surface area contributed by atoms with Crippen molar-refractivity contribution in [3.05, 3.63) is 53.1 Å². The summed E-state index contributed by atoms with van der Waals surface area (Å²) < 4.78 is 0. The molecular formula is C13H9ClNO2S-. The standard InChI is InChI=1S/C13H10ClNO2S/c14-8-5-6-11(9(7-8)13(16)17)18-12-4-2-1-3-10(12)15/h1-7H,15H2,(H,16,17)/p-1. The van der Waals surface area contributed by atoms with Crippen LogP contribution in [0.4, 0.5) is 5.69 Å². The third-order valence-electron chi connectivity index (χ3n) is 2.30. The Bertz CT molecular complexity index is 601. The molecule has 2 aromatic carbocycles. The van der Waals surface area contributed by atoms with Crippen molar-refractivity contribution < 1.29 is 9.90 Å². The minimum Gasteiger partial charge on any atom is -0.545 e. The second-order valence-electron chi connectivity index (χ2n) is 3.57. The number of nitrogens with two attached hydrogens (primary N) is 1. The van der Waals surface area contributed by atoms with E-state index in [9.17, 15) is 9.90 Å². The van der Waals surface area contributed by atoms with Crippen molar-refractivity contribution >= 4 is 35.0 Å². The zero-order chi connectivity index (χ0) is 13.1. The van der Waals surface area contributed by atoms with Gasteiger partial charge in [-0.15, -0.1) is 0 Å². The number of hydrogen-bond donors (Lipinski definition) is 1. The Morgan fingerprint density at radius 3 is 2.56 bits per heavy atom. The average molecular weight is 279 g/mol. The van der Waals surface area contributed by atoms with Gasteiger partial charge in [0.15, 0.2) is 0 Å². The fourth-order valence-electron chi connectivity index (χ4n) is 1.44. The van der Waals surface area contributed by atoms with Crippen LogP contribution in [-0.4, -0.2) is 5.97 Å². The van der Waals surface area contributed by atoms with Crippen molar-refractivity contribution in [1.82, 2.24) is 0 Å². The molecule has 2 aromatic rings. The minimum atomic E-state index is -1.26. The van der Waals surface area contributed by atoms with Gasteiger partial charge in [0.2, 0.25) is 0 Å². The zero-order valence-corrected chi connectivity index (χ0v) is 10.8. The van der Waals surface area contributed by atoms with Crippen LogP contribution in [0.1, 0.15) is 10.4 Å². The van der Waals surface area contributed by atoms with E-state index in [2.05, 4.69) is 0 Å². The summed E-state index contributed by atoms with van der Waals surface area (Å²) in [6.07, 6.45) is 0. The lowest BCUT2D eigenvalue weighted by atomic mass is 10.2. The first-order valence-electron chi connectivity index (χ1n) is 5.11. The van der Waals surface area contributed by atoms with E-state index in [0.29, 0.717) is 15.6 Å². The van der Waals surface area contributed by atoms with Gasteiger partial charge in [-0.1, -0.05) is 35.5 Å². The van der Waals surface area contributed by atoms with Gasteiger partial charge >= 0.3 is 0 Å². The van der Waals surface area contributed by atoms with Crippen molar-refractivity contribution in [3.63, 3.8) is 0 Å². The molecule has 18 heavy (non-hydrogen) atoms. The highest BCUT2D eigenvalue weighted by Gasteiger charge is 2.08. The van der Waals surface area contributed by atoms with Crippen molar-refractivity contribution in [1.29, 1.82) is 0 Å². The van der Waals surface area contributed by atoms with E-state index in [0.717, 1.165) is 4.90 Å². The molecule has 0 aromatic heterocycles. The maximum atomic E-state index is 11.0. The summed E-state index contributed by atoms with van der Waals surface area (Å²) in [6.45, 7) is 0. The van der Waals surface area contributed by atoms with E-state index in [-0.39, 0.29) is 5.56 Å². The minimum absolute atomic E-state index is 0.0655. The van der Waals surface area contributed by atoms with E-state index < -0.39 is 5.97 Å². The summed E-state index contributed by atoms with van der Waals surface area (Å²) in [5.41, 5.74) is 6.48. The first-order valence-corrected chi connectivity index (χ1v) is 6.30. The number of halogens is 1. The number of carboxylic acid groups (broad SMARTS) is 1. The SMILES string of the molecule is Nc1ccccc1Sc1ccc(Cl)cc1C(=O)[O-]. The summed E-state index contributed by atoms with van der Waals surface area (Å²) in [4.78, 5) is 12.4. The number of anilines is 1. The van der Waals surface area contributed by atoms with E-state index in [1.54, 1.807) is 18.2 Å². The van der Waals surface area contributed by atoms with Gasteiger partial charge in [-0.25, -0.2) is 0 Å². The number of nitrogen functional groups attached to an aromatic ring is 1. The van der Waals surface area contributed by atoms with E-state index >= 15 is 0 Å². The second-order valence-corrected chi connectivity index (χ2v) is 5.09. The van der Waals surface area contributed by atoms with Crippen LogP contribution >= 0.6 is 23.4 Å². The summed E-state index contributed by atoms with van der Waals surface area (Å²) in [7, 11) is 0. The molecule has 0 aliphatic carbocycles. The number of hydrogen-bond acceptors (Lipinski definition) is 4. The van der Waals surface area contributed by atoms with Gasteiger partial charge in [0.1, 0.15) is 0 Å². The lowest BCUT2D eigenvalue weighted by Crippen LogP contribution is -2.22. The molecular weight excluding hydrogens is 270 g/mol. The molecule has 0 saturated heterocycles. The monoisotopic (exact) mass is 278 g/mol. The summed E-state index contributed by atoms with van der Waals surface area (Å²) in [5.74, 6) is -1.26. The molecule has 0 bridgehead atoms. The van der Waals surface area contributed by atoms with Gasteiger partial charge in [-0.2, -0.15) is 0 Å². The Hall–Kier alpha value is -1.65. The van der Waals surface area contributed by atoms with Gasteiger partial charge in [-0.05, 0) is 30.3 Å². The zero-order valence-electron chi connectivity index (χ0n) is 9.22. The number of benzene rings is 2. The first-order chi connectivity index (χ1) is 8.58. The predicted octanol–water partition coefficient (Wildman–Crippen LogP) is 2.44. The van der Waals surface area contributed by atoms with Crippen LogP contribution < -0.4 is 10.8 Å². The number of carbonyl (C=O) groups excluding carboxylic acids is 1. The Labute approximate surface area is 114 Å². The predicted molar refractivity (Wildman–Crippen MR) is 70.8 cm³/mol. The van der Waals surface area contributed by atoms with Crippen LogP contribution in [0.5, 0.6) is 0 Å². The quantitative estimate of drug-likeness (QED) is 0.876. The Morgan fingerprint density at radius 1 is 1.17 bits per heavy atom. The largest absolute Gasteiger partial charge is 0.545 e. The highest BCUT2D eigenvalue weighted by atomic mass is 35.5. The van der Waals surface area contributed by atoms with Gasteiger partial charge < -0.3 is 15.6 Å². The highest BCUT2D eigenvalue weighted by Crippen LogP contribution is 2.34. The molecule has 0 aliphatic rings. The topological polar surface area (TPSA) is 66.2 Å². The molecule has 0 unspecified atom stereocenters. The first kappa shape index (κ1) is 12.8. The Kier molecular flexibility index (Phi) is 3.79. The Balaban J connectivity index is 2.41. The van der Waals surface area contributed by atoms with Crippen LogP contribution in [0.15, 0.2) is 52.3 Å². The van der Waals surface area contributed by atoms with Crippen LogP contribution in [-0.2, 0) is 0 Å². The number of carboxylic acids is 1. The third kappa shape index (κ3) is 2.78. The molecule has 0 saturated carbocycles. The Morgan fingerprint density at radius 2 is 1.89 bits per heavy atom. The maximum absolute atomic E-state index is 11.0. The van der Waals surface area contributed by atoms with Gasteiger partial charge in [0.25, 0.3) is 0 Å². The molecule has 2 N–H and O–H groups in total. The van der Waals surface area contributed by atoms with Crippen LogP contribution in [0.3, 0.4) is 0 Å². The fraction of sp³-hybridized carbons (Fsp3) is 0. The molecule has 0 heterocycles. The molecule has 92 valence electrons. The van der Waals surface area contributed by atoms with Gasteiger partial charge in [0.05, 0.1) is 5.97 Å². The van der Waals surface area contributed by atoms with Crippen molar-refractivity contribution in [2.24, 2.45) is 0 Å². The fourth-order valence-corrected chi connectivity index (χ4v) is 2.57. The lowest BCUT2D eigenvalue weighted by Gasteiger charge is -2.11. The second kappa shape index (κ2) is 5.33. The summed E-state index contributed by atoms with van der Waals surface area (Å²) >= 11 is 7.04. The number of para-hydroxylation sites is 1. The molecule has 5 heteroatoms. The molecule has 0 atom stereocenters. The third-order valence-corrected chi connectivity index (χ3v) is 3.70. The molecule has 2 rings (SSSR count). The van der Waals surface area contributed by atoms with Gasteiger partial charge in [-0.3, -0.25) is 0 Å². The molecule has 0 aliphatic heterocycles. The number of rotatable bonds is 3. The van der Waals surface area contributed by atoms with Crippen LogP contribution in [0.2, 0.25) is 5.02 Å². The average Bonchev–Trinajstić information content (AvgIpc) is 2.34. The normalized spacial score (nSPS) is 10.3. The lowest BCUT2D eigenvalue weighted by molar-refractivity contribution is -0.255. The smallest absolute Gasteiger partial charge is 0.0727 e. The summed E-state index contributed by atoms with van der Waals surface area (Å²) in [6, 6.07) is 11.9. The van der Waals surface area contributed by atoms with E-state index in [4.69, 9.17) is 17.3 Å². The summed E-state index contributed by atoms with van der Waals surface area (Å²) in [5, 5.41) is 11.4. The van der Waals surface area contributed by atoms with Crippen LogP contribution in [0.25, 0.3) is 0 Å². The molecule has 0 amide bonds. The molecule has 0 fully saturated rings. The molecule has 0 radical (unpaired) electrons. The van der Waals surface area contributed by atoms with Crippen LogP contribution in [0, 0.1) is 0 Å². The van der Waals surface area contributed by atoms with E-state index in [1.165, 1.54) is 17.8 Å². The molecule has 0 spiro atoms. The van der Waals surface area contributed by atoms with E-state index in [1.807, 2.05) is 18.2 Å². The number of carbonyl (C=O) groups is 1. The van der Waals surface area contributed by atoms with Crippen molar-refractivity contribution in [3.8, 4) is 0 Å². The highest BCUT2D eigenvalue weighted by molar-refractivity contribution is 7.99. The van der Waals surface area contributed by atoms with Crippen molar-refractivity contribution in [2.45, 2.75) is 9.79 Å². The maximum Gasteiger partial charge on any atom is 0.0727 e. The molecule has 3 nitrogen and oxygen atoms in total. The van der Waals surface area contributed by atoms with Gasteiger partial charge in [0, 0.05) is 26.1 Å². The number of aromatic carboxylic acids is 1. The van der Waals surface area contributed by atoms with Crippen molar-refractivity contribution in [2.75, 3.05) is 5.73 Å².